The Balaban J connectivity index is 1.98. The highest BCUT2D eigenvalue weighted by Gasteiger charge is 2.12. The van der Waals surface area contributed by atoms with E-state index < -0.39 is 0 Å². The summed E-state index contributed by atoms with van der Waals surface area (Å²) < 4.78 is 5.32. The van der Waals surface area contributed by atoms with E-state index in [-0.39, 0.29) is 0 Å². The lowest BCUT2D eigenvalue weighted by atomic mass is 10.2. The number of hydrogen-bond donors (Lipinski definition) is 1. The van der Waals surface area contributed by atoms with E-state index in [2.05, 4.69) is 12.2 Å². The average Bonchev–Trinajstić information content (AvgIpc) is 2.34. The predicted molar refractivity (Wildman–Crippen MR) is 37.0 cm³/mol. The van der Waals surface area contributed by atoms with Crippen LogP contribution in [0, 0.1) is 6.92 Å². The molecule has 1 saturated heterocycles. The lowest BCUT2D eigenvalue weighted by Gasteiger charge is -2.06. The molecule has 0 aromatic heterocycles. The lowest BCUT2D eigenvalue weighted by molar-refractivity contribution is 0.0928. The third-order valence-electron chi connectivity index (χ3n) is 1.51. The number of unbranched alkanes of at least 4 members (excludes halogenated alkanes) is 1. The quantitative estimate of drug-likeness (QED) is 0.610. The van der Waals surface area contributed by atoms with Gasteiger partial charge in [0.25, 0.3) is 0 Å². The molecule has 53 valence electrons. The van der Waals surface area contributed by atoms with Crippen LogP contribution in [0.25, 0.3) is 0 Å². The molecule has 1 radical (unpaired) electrons. The molecule has 9 heavy (non-hydrogen) atoms. The van der Waals surface area contributed by atoms with Crippen molar-refractivity contribution in [1.82, 2.24) is 5.32 Å². The van der Waals surface area contributed by atoms with Crippen LogP contribution in [0.15, 0.2) is 0 Å². The van der Waals surface area contributed by atoms with Crippen LogP contribution in [0.3, 0.4) is 0 Å². The van der Waals surface area contributed by atoms with Gasteiger partial charge in [-0.2, -0.15) is 0 Å². The van der Waals surface area contributed by atoms with Gasteiger partial charge in [0.1, 0.15) is 6.23 Å². The molecule has 0 amide bonds. The second-order valence-electron chi connectivity index (χ2n) is 2.31. The maximum atomic E-state index is 5.32. The molecule has 0 aromatic carbocycles. The number of hydrogen-bond acceptors (Lipinski definition) is 2. The van der Waals surface area contributed by atoms with Crippen molar-refractivity contribution in [3.63, 3.8) is 0 Å². The minimum absolute atomic E-state index is 0.326. The molecule has 0 spiro atoms. The van der Waals surface area contributed by atoms with E-state index in [1.165, 1.54) is 0 Å². The maximum Gasteiger partial charge on any atom is 0.108 e. The highest BCUT2D eigenvalue weighted by molar-refractivity contribution is 4.62. The molecule has 0 aromatic rings. The first-order valence-corrected chi connectivity index (χ1v) is 3.57. The molecule has 1 heterocycles. The molecule has 0 aliphatic carbocycles. The fraction of sp³-hybridized carbons (Fsp3) is 0.857. The molecule has 1 aliphatic heterocycles. The molecule has 1 aliphatic rings. The first kappa shape index (κ1) is 7.03. The summed E-state index contributed by atoms with van der Waals surface area (Å²) in [6, 6.07) is 0. The second-order valence-corrected chi connectivity index (χ2v) is 2.31. The zero-order valence-electron chi connectivity index (χ0n) is 5.73. The first-order chi connectivity index (χ1) is 4.43. The topological polar surface area (TPSA) is 21.3 Å². The van der Waals surface area contributed by atoms with Crippen LogP contribution in [0.4, 0.5) is 0 Å². The highest BCUT2D eigenvalue weighted by Crippen LogP contribution is 2.04. The van der Waals surface area contributed by atoms with E-state index in [1.54, 1.807) is 0 Å². The van der Waals surface area contributed by atoms with E-state index in [4.69, 9.17) is 4.74 Å². The van der Waals surface area contributed by atoms with Gasteiger partial charge in [-0.25, -0.2) is 0 Å². The summed E-state index contributed by atoms with van der Waals surface area (Å²) in [4.78, 5) is 0. The van der Waals surface area contributed by atoms with Crippen LogP contribution >= 0.6 is 0 Å². The number of rotatable bonds is 3. The van der Waals surface area contributed by atoms with Gasteiger partial charge in [0, 0.05) is 6.54 Å². The summed E-state index contributed by atoms with van der Waals surface area (Å²) >= 11 is 0. The van der Waals surface area contributed by atoms with Crippen LogP contribution in [0.2, 0.25) is 0 Å². The van der Waals surface area contributed by atoms with Gasteiger partial charge in [-0.1, -0.05) is 13.3 Å². The standard InChI is InChI=1S/C7H14NO/c1-2-3-4-7-8-5-6-9-7/h7-8H,1-6H2. The molecule has 0 bridgehead atoms. The van der Waals surface area contributed by atoms with Gasteiger partial charge < -0.3 is 4.74 Å². The zero-order chi connectivity index (χ0) is 6.53. The molecule has 1 fully saturated rings. The fourth-order valence-electron chi connectivity index (χ4n) is 0.995. The van der Waals surface area contributed by atoms with Crippen molar-refractivity contribution < 1.29 is 4.74 Å². The Morgan fingerprint density at radius 2 is 2.56 bits per heavy atom. The average molecular weight is 128 g/mol. The molecule has 2 heteroatoms. The van der Waals surface area contributed by atoms with Crippen LogP contribution in [-0.4, -0.2) is 19.4 Å². The Kier molecular flexibility index (Phi) is 3.01. The van der Waals surface area contributed by atoms with Crippen LogP contribution in [0.1, 0.15) is 19.3 Å². The highest BCUT2D eigenvalue weighted by atomic mass is 16.5. The third kappa shape index (κ3) is 2.33. The fourth-order valence-corrected chi connectivity index (χ4v) is 0.995. The second kappa shape index (κ2) is 3.85. The lowest BCUT2D eigenvalue weighted by Crippen LogP contribution is -2.21. The van der Waals surface area contributed by atoms with Crippen LogP contribution < -0.4 is 5.32 Å². The Morgan fingerprint density at radius 1 is 1.67 bits per heavy atom. The van der Waals surface area contributed by atoms with Gasteiger partial charge in [0.15, 0.2) is 0 Å². The minimum atomic E-state index is 0.326. The Bertz CT molecular complexity index is 69.3. The van der Waals surface area contributed by atoms with Crippen molar-refractivity contribution in [2.45, 2.75) is 25.5 Å². The van der Waals surface area contributed by atoms with E-state index in [0.717, 1.165) is 32.4 Å². The Labute approximate surface area is 56.6 Å². The normalized spacial score (nSPS) is 27.0. The SMILES string of the molecule is [CH2]CCCC1NCCO1. The van der Waals surface area contributed by atoms with Crippen molar-refractivity contribution in [2.75, 3.05) is 13.2 Å². The zero-order valence-corrected chi connectivity index (χ0v) is 5.73. The van der Waals surface area contributed by atoms with Gasteiger partial charge in [0.05, 0.1) is 6.61 Å². The predicted octanol–water partition coefficient (Wildman–Crippen LogP) is 0.937. The summed E-state index contributed by atoms with van der Waals surface area (Å²) in [5.41, 5.74) is 0. The maximum absolute atomic E-state index is 5.32. The van der Waals surface area contributed by atoms with Crippen molar-refractivity contribution in [3.05, 3.63) is 6.92 Å². The molecule has 2 nitrogen and oxygen atoms in total. The van der Waals surface area contributed by atoms with Crippen molar-refractivity contribution in [1.29, 1.82) is 0 Å². The van der Waals surface area contributed by atoms with Gasteiger partial charge in [-0.05, 0) is 12.8 Å². The molecule has 1 rings (SSSR count). The van der Waals surface area contributed by atoms with Gasteiger partial charge >= 0.3 is 0 Å². The summed E-state index contributed by atoms with van der Waals surface area (Å²) in [6.07, 6.45) is 3.62. The third-order valence-corrected chi connectivity index (χ3v) is 1.51. The molecule has 1 unspecified atom stereocenters. The monoisotopic (exact) mass is 128 g/mol. The summed E-state index contributed by atoms with van der Waals surface area (Å²) in [6.45, 7) is 5.66. The molecule has 1 N–H and O–H groups in total. The van der Waals surface area contributed by atoms with Gasteiger partial charge in [0.2, 0.25) is 0 Å². The minimum Gasteiger partial charge on any atom is -0.362 e. The largest absolute Gasteiger partial charge is 0.362 e. The molecule has 1 atom stereocenters. The van der Waals surface area contributed by atoms with Crippen LogP contribution in [0.5, 0.6) is 0 Å². The van der Waals surface area contributed by atoms with E-state index in [0.29, 0.717) is 6.23 Å². The van der Waals surface area contributed by atoms with Crippen molar-refractivity contribution >= 4 is 0 Å². The van der Waals surface area contributed by atoms with Crippen molar-refractivity contribution in [3.8, 4) is 0 Å². The van der Waals surface area contributed by atoms with E-state index >= 15 is 0 Å². The summed E-state index contributed by atoms with van der Waals surface area (Å²) in [5.74, 6) is 0. The Hall–Kier alpha value is -0.0800. The first-order valence-electron chi connectivity index (χ1n) is 3.57. The molecule has 0 saturated carbocycles. The Morgan fingerprint density at radius 3 is 3.11 bits per heavy atom. The number of nitrogens with one attached hydrogen (secondary N) is 1. The summed E-state index contributed by atoms with van der Waals surface area (Å²) in [5, 5.41) is 3.24. The smallest absolute Gasteiger partial charge is 0.108 e. The molecular formula is C7H14NO. The van der Waals surface area contributed by atoms with E-state index in [9.17, 15) is 0 Å². The van der Waals surface area contributed by atoms with Crippen molar-refractivity contribution in [2.24, 2.45) is 0 Å². The summed E-state index contributed by atoms with van der Waals surface area (Å²) in [7, 11) is 0. The van der Waals surface area contributed by atoms with Gasteiger partial charge in [-0.15, -0.1) is 0 Å². The van der Waals surface area contributed by atoms with Gasteiger partial charge in [-0.3, -0.25) is 5.32 Å². The number of ether oxygens (including phenoxy) is 1. The van der Waals surface area contributed by atoms with Crippen LogP contribution in [-0.2, 0) is 4.74 Å². The molecular weight excluding hydrogens is 114 g/mol. The van der Waals surface area contributed by atoms with E-state index in [1.807, 2.05) is 0 Å².